The van der Waals surface area contributed by atoms with Gasteiger partial charge in [-0.05, 0) is 19.3 Å². The average Bonchev–Trinajstić information content (AvgIpc) is 2.83. The smallest absolute Gasteiger partial charge is 0.324 e. The van der Waals surface area contributed by atoms with Gasteiger partial charge < -0.3 is 10.2 Å². The normalized spacial score (nSPS) is 28.6. The summed E-state index contributed by atoms with van der Waals surface area (Å²) in [5.41, 5.74) is 0. The van der Waals surface area contributed by atoms with Crippen molar-refractivity contribution in [3.05, 3.63) is 0 Å². The van der Waals surface area contributed by atoms with Crippen LogP contribution in [0.15, 0.2) is 0 Å². The standard InChI is InChI=1S/C12H17N3O3/c16-10-6-13-12(18)15(10)9-4-5-14(7-9)11(17)8-2-1-3-8/h8-9H,1-7H2,(H,13,18). The second-order valence-corrected chi connectivity index (χ2v) is 5.28. The van der Waals surface area contributed by atoms with Crippen molar-refractivity contribution in [1.82, 2.24) is 15.1 Å². The van der Waals surface area contributed by atoms with Crippen molar-refractivity contribution in [2.24, 2.45) is 5.92 Å². The van der Waals surface area contributed by atoms with Crippen LogP contribution in [0.25, 0.3) is 0 Å². The van der Waals surface area contributed by atoms with Crippen LogP contribution in [0.1, 0.15) is 25.7 Å². The van der Waals surface area contributed by atoms with Crippen LogP contribution in [-0.4, -0.2) is 53.3 Å². The highest BCUT2D eigenvalue weighted by molar-refractivity contribution is 6.02. The Morgan fingerprint density at radius 1 is 1.22 bits per heavy atom. The zero-order valence-corrected chi connectivity index (χ0v) is 10.2. The number of likely N-dealkylation sites (tertiary alicyclic amines) is 1. The summed E-state index contributed by atoms with van der Waals surface area (Å²) >= 11 is 0. The van der Waals surface area contributed by atoms with Gasteiger partial charge in [0.25, 0.3) is 0 Å². The molecule has 18 heavy (non-hydrogen) atoms. The lowest BCUT2D eigenvalue weighted by atomic mass is 9.84. The van der Waals surface area contributed by atoms with E-state index < -0.39 is 0 Å². The largest absolute Gasteiger partial charge is 0.340 e. The summed E-state index contributed by atoms with van der Waals surface area (Å²) in [6.07, 6.45) is 3.82. The van der Waals surface area contributed by atoms with Crippen molar-refractivity contribution >= 4 is 17.8 Å². The highest BCUT2D eigenvalue weighted by atomic mass is 16.2. The number of hydrogen-bond acceptors (Lipinski definition) is 3. The third-order valence-corrected chi connectivity index (χ3v) is 4.17. The SMILES string of the molecule is O=C(C1CCC1)N1CCC(N2C(=O)CNC2=O)C1. The molecule has 0 spiro atoms. The lowest BCUT2D eigenvalue weighted by Crippen LogP contribution is -2.44. The Balaban J connectivity index is 1.62. The highest BCUT2D eigenvalue weighted by Crippen LogP contribution is 2.30. The first-order valence-electron chi connectivity index (χ1n) is 6.55. The maximum atomic E-state index is 12.1. The zero-order valence-electron chi connectivity index (χ0n) is 10.2. The van der Waals surface area contributed by atoms with E-state index in [0.717, 1.165) is 19.3 Å². The predicted molar refractivity (Wildman–Crippen MR) is 62.6 cm³/mol. The molecule has 2 heterocycles. The molecule has 1 aliphatic carbocycles. The van der Waals surface area contributed by atoms with E-state index in [1.807, 2.05) is 4.90 Å². The Bertz CT molecular complexity index is 389. The number of nitrogens with one attached hydrogen (secondary N) is 1. The summed E-state index contributed by atoms with van der Waals surface area (Å²) < 4.78 is 0. The molecular weight excluding hydrogens is 234 g/mol. The molecule has 1 N–H and O–H groups in total. The maximum absolute atomic E-state index is 12.1. The van der Waals surface area contributed by atoms with E-state index in [9.17, 15) is 14.4 Å². The van der Waals surface area contributed by atoms with Crippen LogP contribution in [0.4, 0.5) is 4.79 Å². The first kappa shape index (κ1) is 11.5. The Morgan fingerprint density at radius 2 is 2.00 bits per heavy atom. The van der Waals surface area contributed by atoms with E-state index in [4.69, 9.17) is 0 Å². The van der Waals surface area contributed by atoms with Gasteiger partial charge in [-0.1, -0.05) is 6.42 Å². The monoisotopic (exact) mass is 251 g/mol. The molecule has 2 aliphatic heterocycles. The summed E-state index contributed by atoms with van der Waals surface area (Å²) in [4.78, 5) is 38.3. The van der Waals surface area contributed by atoms with Crippen LogP contribution in [0, 0.1) is 5.92 Å². The highest BCUT2D eigenvalue weighted by Gasteiger charge is 2.41. The fraction of sp³-hybridized carbons (Fsp3) is 0.750. The van der Waals surface area contributed by atoms with E-state index in [0.29, 0.717) is 19.5 Å². The molecule has 1 saturated carbocycles. The minimum absolute atomic E-state index is 0.0892. The van der Waals surface area contributed by atoms with Gasteiger partial charge in [-0.25, -0.2) is 4.79 Å². The Labute approximate surface area is 105 Å². The fourth-order valence-corrected chi connectivity index (χ4v) is 2.87. The van der Waals surface area contributed by atoms with E-state index >= 15 is 0 Å². The van der Waals surface area contributed by atoms with Crippen LogP contribution in [0.2, 0.25) is 0 Å². The molecule has 6 nitrogen and oxygen atoms in total. The van der Waals surface area contributed by atoms with Crippen LogP contribution in [-0.2, 0) is 9.59 Å². The minimum Gasteiger partial charge on any atom is -0.340 e. The van der Waals surface area contributed by atoms with Gasteiger partial charge >= 0.3 is 6.03 Å². The summed E-state index contributed by atoms with van der Waals surface area (Å²) in [6, 6.07) is -0.452. The van der Waals surface area contributed by atoms with Gasteiger partial charge in [0.15, 0.2) is 0 Å². The third kappa shape index (κ3) is 1.76. The van der Waals surface area contributed by atoms with Gasteiger partial charge in [0.05, 0.1) is 12.6 Å². The molecule has 0 aromatic heterocycles. The molecule has 1 atom stereocenters. The van der Waals surface area contributed by atoms with Gasteiger partial charge in [0, 0.05) is 19.0 Å². The van der Waals surface area contributed by atoms with Crippen molar-refractivity contribution in [2.75, 3.05) is 19.6 Å². The quantitative estimate of drug-likeness (QED) is 0.699. The lowest BCUT2D eigenvalue weighted by molar-refractivity contribution is -0.137. The minimum atomic E-state index is -0.317. The predicted octanol–water partition coefficient (Wildman–Crippen LogP) is -0.0608. The van der Waals surface area contributed by atoms with Crippen LogP contribution in [0.3, 0.4) is 0 Å². The maximum Gasteiger partial charge on any atom is 0.324 e. The molecule has 0 aromatic rings. The topological polar surface area (TPSA) is 69.7 Å². The van der Waals surface area contributed by atoms with Crippen molar-refractivity contribution in [1.29, 1.82) is 0 Å². The van der Waals surface area contributed by atoms with Gasteiger partial charge in [0.1, 0.15) is 0 Å². The second-order valence-electron chi connectivity index (χ2n) is 5.28. The molecule has 1 unspecified atom stereocenters. The number of urea groups is 1. The van der Waals surface area contributed by atoms with Gasteiger partial charge in [-0.2, -0.15) is 0 Å². The number of amides is 4. The average molecular weight is 251 g/mol. The molecule has 3 aliphatic rings. The molecule has 2 saturated heterocycles. The van der Waals surface area contributed by atoms with E-state index in [2.05, 4.69) is 5.32 Å². The molecule has 4 amide bonds. The summed E-state index contributed by atoms with van der Waals surface area (Å²) in [5, 5.41) is 2.52. The Kier molecular flexibility index (Phi) is 2.72. The van der Waals surface area contributed by atoms with Crippen molar-refractivity contribution in [3.63, 3.8) is 0 Å². The number of hydrogen-bond donors (Lipinski definition) is 1. The first-order valence-corrected chi connectivity index (χ1v) is 6.55. The van der Waals surface area contributed by atoms with E-state index in [1.165, 1.54) is 4.90 Å². The molecule has 0 aromatic carbocycles. The zero-order chi connectivity index (χ0) is 12.7. The van der Waals surface area contributed by atoms with E-state index in [1.54, 1.807) is 0 Å². The number of nitrogens with zero attached hydrogens (tertiary/aromatic N) is 2. The summed E-state index contributed by atoms with van der Waals surface area (Å²) in [5.74, 6) is 0.214. The summed E-state index contributed by atoms with van der Waals surface area (Å²) in [6.45, 7) is 1.26. The first-order chi connectivity index (χ1) is 8.66. The molecule has 3 fully saturated rings. The lowest BCUT2D eigenvalue weighted by Gasteiger charge is -2.29. The number of rotatable bonds is 2. The van der Waals surface area contributed by atoms with Gasteiger partial charge in [0.2, 0.25) is 11.8 Å². The number of imide groups is 1. The van der Waals surface area contributed by atoms with E-state index in [-0.39, 0.29) is 36.3 Å². The second kappa shape index (κ2) is 4.26. The van der Waals surface area contributed by atoms with Crippen LogP contribution in [0.5, 0.6) is 0 Å². The van der Waals surface area contributed by atoms with Gasteiger partial charge in [-0.15, -0.1) is 0 Å². The van der Waals surface area contributed by atoms with Crippen molar-refractivity contribution in [2.45, 2.75) is 31.7 Å². The molecule has 3 rings (SSSR count). The van der Waals surface area contributed by atoms with Crippen molar-refractivity contribution in [3.8, 4) is 0 Å². The van der Waals surface area contributed by atoms with Crippen molar-refractivity contribution < 1.29 is 14.4 Å². The number of carbonyl (C=O) groups excluding carboxylic acids is 3. The molecule has 98 valence electrons. The molecule has 0 radical (unpaired) electrons. The van der Waals surface area contributed by atoms with Gasteiger partial charge in [-0.3, -0.25) is 14.5 Å². The fourth-order valence-electron chi connectivity index (χ4n) is 2.87. The Morgan fingerprint density at radius 3 is 2.56 bits per heavy atom. The van der Waals surface area contributed by atoms with Crippen LogP contribution >= 0.6 is 0 Å². The third-order valence-electron chi connectivity index (χ3n) is 4.17. The number of carbonyl (C=O) groups is 3. The molecular formula is C12H17N3O3. The molecule has 0 bridgehead atoms. The Hall–Kier alpha value is -1.59. The molecule has 6 heteroatoms. The van der Waals surface area contributed by atoms with Crippen LogP contribution < -0.4 is 5.32 Å². The summed E-state index contributed by atoms with van der Waals surface area (Å²) in [7, 11) is 0.